The van der Waals surface area contributed by atoms with Crippen LogP contribution in [0.25, 0.3) is 0 Å². The van der Waals surface area contributed by atoms with E-state index in [0.29, 0.717) is 25.2 Å². The molecule has 5 N–H and O–H groups in total. The summed E-state index contributed by atoms with van der Waals surface area (Å²) >= 11 is 0. The zero-order valence-electron chi connectivity index (χ0n) is 9.60. The van der Waals surface area contributed by atoms with Gasteiger partial charge in [-0.15, -0.1) is 0 Å². The van der Waals surface area contributed by atoms with Crippen molar-refractivity contribution in [2.24, 2.45) is 10.7 Å². The average Bonchev–Trinajstić information content (AvgIpc) is 2.22. The summed E-state index contributed by atoms with van der Waals surface area (Å²) in [6.45, 7) is 3.56. The number of amidine groups is 1. The van der Waals surface area contributed by atoms with Gasteiger partial charge < -0.3 is 10.8 Å². The third-order valence-corrected chi connectivity index (χ3v) is 2.08. The van der Waals surface area contributed by atoms with Crippen LogP contribution in [-0.2, 0) is 4.79 Å². The van der Waals surface area contributed by atoms with E-state index in [1.807, 2.05) is 11.6 Å². The van der Waals surface area contributed by atoms with Crippen molar-refractivity contribution >= 4 is 11.8 Å². The molecule has 0 fully saturated rings. The number of allylic oxidation sites excluding steroid dienone is 1. The van der Waals surface area contributed by atoms with Gasteiger partial charge in [-0.25, -0.2) is 0 Å². The predicted octanol–water partition coefficient (Wildman–Crippen LogP) is 0.522. The van der Waals surface area contributed by atoms with Crippen LogP contribution in [0.4, 0.5) is 0 Å². The van der Waals surface area contributed by atoms with Crippen molar-refractivity contribution in [3.05, 3.63) is 12.2 Å². The highest BCUT2D eigenvalue weighted by Gasteiger charge is 2.26. The largest absolute Gasteiger partial charge is 0.480 e. The Kier molecular flexibility index (Phi) is 6.36. The van der Waals surface area contributed by atoms with Crippen LogP contribution in [0.5, 0.6) is 0 Å². The van der Waals surface area contributed by atoms with Crippen LogP contribution >= 0.6 is 0 Å². The van der Waals surface area contributed by atoms with Gasteiger partial charge in [0.05, 0.1) is 6.54 Å². The monoisotopic (exact) mass is 229 g/mol. The molecule has 0 heterocycles. The second kappa shape index (κ2) is 6.97. The second-order valence-corrected chi connectivity index (χ2v) is 3.77. The third-order valence-electron chi connectivity index (χ3n) is 2.08. The summed E-state index contributed by atoms with van der Waals surface area (Å²) in [4.78, 5) is 14.6. The Bertz CT molecular complexity index is 285. The Balaban J connectivity index is 3.83. The van der Waals surface area contributed by atoms with Crippen LogP contribution in [0.2, 0.25) is 0 Å². The summed E-state index contributed by atoms with van der Waals surface area (Å²) in [6, 6.07) is 0. The molecule has 0 aliphatic heterocycles. The number of nitrogens with zero attached hydrogens (tertiary/aromatic N) is 1. The summed E-state index contributed by atoms with van der Waals surface area (Å²) < 4.78 is 0. The zero-order chi connectivity index (χ0) is 12.6. The Morgan fingerprint density at radius 1 is 1.56 bits per heavy atom. The van der Waals surface area contributed by atoms with Gasteiger partial charge >= 0.3 is 5.97 Å². The minimum Gasteiger partial charge on any atom is -0.480 e. The lowest BCUT2D eigenvalue weighted by Gasteiger charge is -2.17. The molecule has 0 amide bonds. The summed E-state index contributed by atoms with van der Waals surface area (Å²) in [5, 5.41) is 17.2. The van der Waals surface area contributed by atoms with Crippen molar-refractivity contribution < 1.29 is 15.1 Å². The smallest absolute Gasteiger partial charge is 0.323 e. The zero-order valence-corrected chi connectivity index (χ0v) is 9.60. The van der Waals surface area contributed by atoms with Crippen molar-refractivity contribution in [2.75, 3.05) is 6.54 Å². The molecule has 16 heavy (non-hydrogen) atoms. The molecule has 6 heteroatoms. The fraction of sp³-hybridized carbons (Fsp3) is 0.600. The highest BCUT2D eigenvalue weighted by atomic mass is 16.5. The molecule has 0 unspecified atom stereocenters. The molecule has 0 bridgehead atoms. The van der Waals surface area contributed by atoms with Crippen LogP contribution in [0.3, 0.4) is 0 Å². The lowest BCUT2D eigenvalue weighted by molar-refractivity contribution is -0.142. The maximum absolute atomic E-state index is 10.7. The van der Waals surface area contributed by atoms with E-state index in [1.54, 1.807) is 13.0 Å². The maximum atomic E-state index is 10.7. The number of carboxylic acids is 1. The standard InChI is InChI=1S/C10H19N3O3/c1-8(13-16)12-7-5-3-4-6-10(2,11)9(14)15/h3,5,16H,4,6-7,11H2,1-2H3,(H,12,13)(H,14,15)/b5-3-/t10-/m1/s1. The topological polar surface area (TPSA) is 108 Å². The quantitative estimate of drug-likeness (QED) is 0.230. The highest BCUT2D eigenvalue weighted by Crippen LogP contribution is 2.09. The Morgan fingerprint density at radius 3 is 2.69 bits per heavy atom. The second-order valence-electron chi connectivity index (χ2n) is 3.77. The highest BCUT2D eigenvalue weighted by molar-refractivity contribution is 5.78. The molecule has 0 spiro atoms. The van der Waals surface area contributed by atoms with Gasteiger partial charge in [0.15, 0.2) is 0 Å². The number of hydrogen-bond acceptors (Lipinski definition) is 4. The molecule has 0 saturated heterocycles. The number of aliphatic carboxylic acids is 1. The van der Waals surface area contributed by atoms with E-state index in [2.05, 4.69) is 4.99 Å². The van der Waals surface area contributed by atoms with Crippen molar-refractivity contribution in [1.82, 2.24) is 5.48 Å². The SMILES string of the molecule is CC(=NC/C=C\CC[C@@](C)(N)C(=O)O)NO. The fourth-order valence-corrected chi connectivity index (χ4v) is 0.907. The van der Waals surface area contributed by atoms with Gasteiger partial charge in [-0.2, -0.15) is 0 Å². The summed E-state index contributed by atoms with van der Waals surface area (Å²) in [7, 11) is 0. The average molecular weight is 229 g/mol. The molecule has 92 valence electrons. The van der Waals surface area contributed by atoms with Gasteiger partial charge in [0.2, 0.25) is 0 Å². The minimum atomic E-state index is -1.18. The molecule has 0 aromatic rings. The number of hydroxylamine groups is 1. The van der Waals surface area contributed by atoms with E-state index >= 15 is 0 Å². The summed E-state index contributed by atoms with van der Waals surface area (Å²) in [6.07, 6.45) is 4.57. The number of nitrogens with one attached hydrogen (secondary N) is 1. The van der Waals surface area contributed by atoms with Gasteiger partial charge in [-0.05, 0) is 26.7 Å². The first-order chi connectivity index (χ1) is 7.40. The maximum Gasteiger partial charge on any atom is 0.323 e. The molecule has 0 radical (unpaired) electrons. The number of carboxylic acid groups (broad SMARTS) is 1. The molecular weight excluding hydrogens is 210 g/mol. The summed E-state index contributed by atoms with van der Waals surface area (Å²) in [5.41, 5.74) is 6.27. The van der Waals surface area contributed by atoms with Crippen LogP contribution in [0.1, 0.15) is 26.7 Å². The van der Waals surface area contributed by atoms with E-state index < -0.39 is 11.5 Å². The van der Waals surface area contributed by atoms with Crippen molar-refractivity contribution in [1.29, 1.82) is 0 Å². The number of hydrogen-bond donors (Lipinski definition) is 4. The molecule has 0 aromatic carbocycles. The van der Waals surface area contributed by atoms with Crippen LogP contribution in [0, 0.1) is 0 Å². The Hall–Kier alpha value is -1.40. The molecule has 0 rings (SSSR count). The van der Waals surface area contributed by atoms with Crippen molar-refractivity contribution in [3.8, 4) is 0 Å². The van der Waals surface area contributed by atoms with E-state index in [-0.39, 0.29) is 0 Å². The first-order valence-electron chi connectivity index (χ1n) is 4.98. The van der Waals surface area contributed by atoms with Gasteiger partial charge in [-0.3, -0.25) is 20.5 Å². The van der Waals surface area contributed by atoms with E-state index in [1.165, 1.54) is 6.92 Å². The van der Waals surface area contributed by atoms with Gasteiger partial charge in [-0.1, -0.05) is 12.2 Å². The van der Waals surface area contributed by atoms with E-state index in [9.17, 15) is 4.79 Å². The number of rotatable bonds is 6. The van der Waals surface area contributed by atoms with E-state index in [4.69, 9.17) is 16.0 Å². The third kappa shape index (κ3) is 6.15. The normalized spacial score (nSPS) is 16.1. The van der Waals surface area contributed by atoms with Crippen molar-refractivity contribution in [2.45, 2.75) is 32.2 Å². The van der Waals surface area contributed by atoms with Gasteiger partial charge in [0, 0.05) is 0 Å². The number of carbonyl (C=O) groups is 1. The lowest BCUT2D eigenvalue weighted by atomic mass is 9.97. The molecule has 1 atom stereocenters. The van der Waals surface area contributed by atoms with Crippen LogP contribution in [0.15, 0.2) is 17.1 Å². The van der Waals surface area contributed by atoms with Crippen LogP contribution < -0.4 is 11.2 Å². The van der Waals surface area contributed by atoms with Gasteiger partial charge in [0.1, 0.15) is 11.4 Å². The number of aliphatic imine (C=N–C) groups is 1. The molecule has 0 aliphatic rings. The first-order valence-corrected chi connectivity index (χ1v) is 4.98. The summed E-state index contributed by atoms with van der Waals surface area (Å²) in [5.74, 6) is -0.571. The molecule has 0 aliphatic carbocycles. The molecule has 6 nitrogen and oxygen atoms in total. The molecular formula is C10H19N3O3. The lowest BCUT2D eigenvalue weighted by Crippen LogP contribution is -2.44. The molecule has 0 saturated carbocycles. The van der Waals surface area contributed by atoms with E-state index in [0.717, 1.165) is 0 Å². The minimum absolute atomic E-state index is 0.375. The fourth-order valence-electron chi connectivity index (χ4n) is 0.907. The van der Waals surface area contributed by atoms with Crippen LogP contribution in [-0.4, -0.2) is 34.2 Å². The first kappa shape index (κ1) is 14.6. The Morgan fingerprint density at radius 2 is 2.19 bits per heavy atom. The van der Waals surface area contributed by atoms with Gasteiger partial charge in [0.25, 0.3) is 0 Å². The Labute approximate surface area is 94.8 Å². The van der Waals surface area contributed by atoms with Crippen molar-refractivity contribution in [3.63, 3.8) is 0 Å². The molecule has 0 aromatic heterocycles. The number of nitrogens with two attached hydrogens (primary N) is 1. The predicted molar refractivity (Wildman–Crippen MR) is 61.5 cm³/mol.